The van der Waals surface area contributed by atoms with E-state index >= 15 is 0 Å². The van der Waals surface area contributed by atoms with Crippen molar-refractivity contribution >= 4 is 5.78 Å². The van der Waals surface area contributed by atoms with Crippen LogP contribution in [0.4, 0.5) is 0 Å². The predicted octanol–water partition coefficient (Wildman–Crippen LogP) is 2.61. The van der Waals surface area contributed by atoms with E-state index in [1.54, 1.807) is 6.07 Å². The Labute approximate surface area is 108 Å². The number of aryl methyl sites for hydroxylation is 1. The highest BCUT2D eigenvalue weighted by molar-refractivity contribution is 5.98. The number of likely N-dealkylation sites (tertiary alicyclic amines) is 1. The lowest BCUT2D eigenvalue weighted by Gasteiger charge is -2.32. The SMILES string of the molecule is Cc1ccc(C(C(=O)C#N)N2CCCCC2)cc1. The molecule has 1 atom stereocenters. The van der Waals surface area contributed by atoms with Gasteiger partial charge in [-0.2, -0.15) is 5.26 Å². The van der Waals surface area contributed by atoms with Gasteiger partial charge in [-0.05, 0) is 38.4 Å². The maximum absolute atomic E-state index is 11.9. The van der Waals surface area contributed by atoms with Gasteiger partial charge >= 0.3 is 0 Å². The molecule has 1 saturated heterocycles. The van der Waals surface area contributed by atoms with Crippen LogP contribution >= 0.6 is 0 Å². The molecule has 0 spiro atoms. The van der Waals surface area contributed by atoms with Crippen molar-refractivity contribution in [1.82, 2.24) is 4.90 Å². The summed E-state index contributed by atoms with van der Waals surface area (Å²) in [6.45, 7) is 3.84. The Morgan fingerprint density at radius 2 is 1.83 bits per heavy atom. The Morgan fingerprint density at radius 3 is 2.39 bits per heavy atom. The Morgan fingerprint density at radius 1 is 1.22 bits per heavy atom. The molecule has 94 valence electrons. The average Bonchev–Trinajstić information content (AvgIpc) is 2.42. The number of rotatable bonds is 3. The van der Waals surface area contributed by atoms with Gasteiger partial charge in [0.2, 0.25) is 0 Å². The summed E-state index contributed by atoms with van der Waals surface area (Å²) in [5, 5.41) is 8.93. The molecule has 0 amide bonds. The van der Waals surface area contributed by atoms with Gasteiger partial charge in [-0.1, -0.05) is 36.2 Å². The van der Waals surface area contributed by atoms with Crippen molar-refractivity contribution in [3.05, 3.63) is 35.4 Å². The number of hydrogen-bond donors (Lipinski definition) is 0. The van der Waals surface area contributed by atoms with E-state index in [2.05, 4.69) is 4.90 Å². The molecule has 3 nitrogen and oxygen atoms in total. The number of Topliss-reactive ketones (excluding diaryl/α,β-unsaturated/α-hetero) is 1. The number of ketones is 1. The molecule has 0 aromatic heterocycles. The molecule has 0 bridgehead atoms. The quantitative estimate of drug-likeness (QED) is 0.765. The Kier molecular flexibility index (Phi) is 4.11. The largest absolute Gasteiger partial charge is 0.289 e. The molecule has 18 heavy (non-hydrogen) atoms. The van der Waals surface area contributed by atoms with Crippen LogP contribution in [0.2, 0.25) is 0 Å². The summed E-state index contributed by atoms with van der Waals surface area (Å²) in [6, 6.07) is 9.33. The monoisotopic (exact) mass is 242 g/mol. The first-order valence-electron chi connectivity index (χ1n) is 6.47. The van der Waals surface area contributed by atoms with Gasteiger partial charge in [-0.3, -0.25) is 9.69 Å². The summed E-state index contributed by atoms with van der Waals surface area (Å²) in [6.07, 6.45) is 3.44. The lowest BCUT2D eigenvalue weighted by Crippen LogP contribution is -2.37. The van der Waals surface area contributed by atoms with Crippen LogP contribution in [0, 0.1) is 18.3 Å². The minimum Gasteiger partial charge on any atom is -0.289 e. The van der Waals surface area contributed by atoms with Crippen LogP contribution in [0.5, 0.6) is 0 Å². The first-order valence-corrected chi connectivity index (χ1v) is 6.47. The zero-order chi connectivity index (χ0) is 13.0. The third-order valence-electron chi connectivity index (χ3n) is 3.51. The number of carbonyl (C=O) groups excluding carboxylic acids is 1. The maximum atomic E-state index is 11.9. The van der Waals surface area contributed by atoms with E-state index in [0.29, 0.717) is 0 Å². The van der Waals surface area contributed by atoms with Gasteiger partial charge in [0.05, 0.1) is 0 Å². The van der Waals surface area contributed by atoms with Crippen molar-refractivity contribution in [2.45, 2.75) is 32.2 Å². The fraction of sp³-hybridized carbons (Fsp3) is 0.467. The summed E-state index contributed by atoms with van der Waals surface area (Å²) in [4.78, 5) is 14.0. The second-order valence-corrected chi connectivity index (χ2v) is 4.89. The van der Waals surface area contributed by atoms with Crippen molar-refractivity contribution in [3.8, 4) is 6.07 Å². The lowest BCUT2D eigenvalue weighted by molar-refractivity contribution is -0.119. The van der Waals surface area contributed by atoms with E-state index in [0.717, 1.165) is 31.5 Å². The molecule has 1 fully saturated rings. The number of hydrogen-bond acceptors (Lipinski definition) is 3. The van der Waals surface area contributed by atoms with Crippen molar-refractivity contribution in [2.24, 2.45) is 0 Å². The number of carbonyl (C=O) groups is 1. The zero-order valence-electron chi connectivity index (χ0n) is 10.7. The standard InChI is InChI=1S/C15H18N2O/c1-12-5-7-13(8-6-12)15(14(18)11-16)17-9-3-2-4-10-17/h5-8,15H,2-4,9-10H2,1H3. The first kappa shape index (κ1) is 12.8. The van der Waals surface area contributed by atoms with E-state index < -0.39 is 0 Å². The summed E-state index contributed by atoms with van der Waals surface area (Å²) >= 11 is 0. The molecule has 1 aliphatic rings. The smallest absolute Gasteiger partial charge is 0.253 e. The lowest BCUT2D eigenvalue weighted by atomic mass is 9.98. The van der Waals surface area contributed by atoms with Gasteiger partial charge in [0.1, 0.15) is 12.1 Å². The Hall–Kier alpha value is -1.66. The topological polar surface area (TPSA) is 44.1 Å². The second kappa shape index (κ2) is 5.79. The van der Waals surface area contributed by atoms with Crippen LogP contribution in [0.15, 0.2) is 24.3 Å². The molecular formula is C15H18N2O. The zero-order valence-corrected chi connectivity index (χ0v) is 10.7. The van der Waals surface area contributed by atoms with Gasteiger partial charge in [-0.25, -0.2) is 0 Å². The molecule has 0 radical (unpaired) electrons. The minimum atomic E-state index is -0.379. The molecule has 1 aliphatic heterocycles. The van der Waals surface area contributed by atoms with E-state index in [4.69, 9.17) is 5.26 Å². The van der Waals surface area contributed by atoms with Crippen molar-refractivity contribution < 1.29 is 4.79 Å². The normalized spacial score (nSPS) is 18.0. The van der Waals surface area contributed by atoms with Crippen molar-refractivity contribution in [1.29, 1.82) is 5.26 Å². The molecule has 1 aromatic carbocycles. The van der Waals surface area contributed by atoms with Gasteiger partial charge in [0.15, 0.2) is 0 Å². The van der Waals surface area contributed by atoms with Gasteiger partial charge in [-0.15, -0.1) is 0 Å². The van der Waals surface area contributed by atoms with Crippen LogP contribution in [-0.4, -0.2) is 23.8 Å². The van der Waals surface area contributed by atoms with E-state index in [1.807, 2.05) is 31.2 Å². The van der Waals surface area contributed by atoms with E-state index in [1.165, 1.54) is 12.0 Å². The highest BCUT2D eigenvalue weighted by Gasteiger charge is 2.28. The van der Waals surface area contributed by atoms with Gasteiger partial charge < -0.3 is 0 Å². The minimum absolute atomic E-state index is 0.347. The average molecular weight is 242 g/mol. The molecule has 0 saturated carbocycles. The van der Waals surface area contributed by atoms with Gasteiger partial charge in [0.25, 0.3) is 5.78 Å². The van der Waals surface area contributed by atoms with Crippen LogP contribution in [0.3, 0.4) is 0 Å². The number of nitriles is 1. The highest BCUT2D eigenvalue weighted by Crippen LogP contribution is 2.25. The van der Waals surface area contributed by atoms with Gasteiger partial charge in [0, 0.05) is 0 Å². The molecule has 2 rings (SSSR count). The Balaban J connectivity index is 2.27. The number of nitrogens with zero attached hydrogens (tertiary/aromatic N) is 2. The van der Waals surface area contributed by atoms with Crippen LogP contribution < -0.4 is 0 Å². The molecule has 1 aromatic rings. The molecule has 3 heteroatoms. The third-order valence-corrected chi connectivity index (χ3v) is 3.51. The number of benzene rings is 1. The first-order chi connectivity index (χ1) is 8.72. The second-order valence-electron chi connectivity index (χ2n) is 4.89. The molecule has 1 heterocycles. The molecule has 0 N–H and O–H groups in total. The number of piperidine rings is 1. The molecule has 0 aliphatic carbocycles. The molecule has 1 unspecified atom stereocenters. The van der Waals surface area contributed by atoms with Crippen molar-refractivity contribution in [3.63, 3.8) is 0 Å². The highest BCUT2D eigenvalue weighted by atomic mass is 16.1. The molecular weight excluding hydrogens is 224 g/mol. The van der Waals surface area contributed by atoms with Crippen LogP contribution in [0.1, 0.15) is 36.4 Å². The fourth-order valence-corrected chi connectivity index (χ4v) is 2.51. The Bertz CT molecular complexity index is 452. The van der Waals surface area contributed by atoms with E-state index in [9.17, 15) is 4.79 Å². The maximum Gasteiger partial charge on any atom is 0.253 e. The summed E-state index contributed by atoms with van der Waals surface area (Å²) < 4.78 is 0. The van der Waals surface area contributed by atoms with Crippen molar-refractivity contribution in [2.75, 3.05) is 13.1 Å². The summed E-state index contributed by atoms with van der Waals surface area (Å²) in [7, 11) is 0. The third kappa shape index (κ3) is 2.77. The summed E-state index contributed by atoms with van der Waals surface area (Å²) in [5.74, 6) is -0.347. The fourth-order valence-electron chi connectivity index (χ4n) is 2.51. The van der Waals surface area contributed by atoms with E-state index in [-0.39, 0.29) is 11.8 Å². The predicted molar refractivity (Wildman–Crippen MR) is 70.0 cm³/mol. The van der Waals surface area contributed by atoms with Crippen LogP contribution in [0.25, 0.3) is 0 Å². The summed E-state index contributed by atoms with van der Waals surface area (Å²) in [5.41, 5.74) is 2.11. The van der Waals surface area contributed by atoms with Crippen LogP contribution in [-0.2, 0) is 4.79 Å².